The normalized spacial score (nSPS) is 14.6. The molecule has 1 rings (SSSR count). The van der Waals surface area contributed by atoms with Crippen LogP contribution in [0.1, 0.15) is 0 Å². The molecule has 1 aliphatic heterocycles. The van der Waals surface area contributed by atoms with E-state index in [1.807, 2.05) is 0 Å². The quantitative estimate of drug-likeness (QED) is 0.0487. The van der Waals surface area contributed by atoms with E-state index in [0.29, 0.717) is 158 Å². The van der Waals surface area contributed by atoms with Crippen molar-refractivity contribution in [2.75, 3.05) is 193 Å². The van der Waals surface area contributed by atoms with Crippen molar-refractivity contribution in [2.45, 2.75) is 6.17 Å². The van der Waals surface area contributed by atoms with Gasteiger partial charge in [-0.05, 0) is 0 Å². The average Bonchev–Trinajstić information content (AvgIpc) is 3.42. The number of methoxy groups -OCH3 is 4. The fraction of sp³-hybridized carbons (Fsp3) is 0.857. The third-order valence-electron chi connectivity index (χ3n) is 7.30. The van der Waals surface area contributed by atoms with E-state index in [4.69, 9.17) is 66.3 Å². The first-order chi connectivity index (χ1) is 25.6. The van der Waals surface area contributed by atoms with Gasteiger partial charge in [0.05, 0.1) is 157 Å². The van der Waals surface area contributed by atoms with Crippen LogP contribution >= 0.6 is 0 Å². The zero-order chi connectivity index (χ0) is 37.7. The molecule has 0 radical (unpaired) electrons. The summed E-state index contributed by atoms with van der Waals surface area (Å²) in [5.41, 5.74) is 2.01. The van der Waals surface area contributed by atoms with Crippen molar-refractivity contribution in [3.63, 3.8) is 0 Å². The van der Waals surface area contributed by atoms with Crippen molar-refractivity contribution in [3.8, 4) is 0 Å². The molecule has 0 fully saturated rings. The molecule has 1 aliphatic rings. The Morgan fingerprint density at radius 1 is 0.481 bits per heavy atom. The largest absolute Gasteiger partial charge is 0.460 e. The summed E-state index contributed by atoms with van der Waals surface area (Å²) in [5.74, 6) is -0.466. The van der Waals surface area contributed by atoms with Gasteiger partial charge in [0, 0.05) is 47.6 Å². The molecule has 0 aromatic rings. The minimum atomic E-state index is -0.466. The van der Waals surface area contributed by atoms with Crippen LogP contribution in [0.4, 0.5) is 0 Å². The van der Waals surface area contributed by atoms with Crippen LogP contribution in [0.2, 0.25) is 0 Å². The van der Waals surface area contributed by atoms with Crippen LogP contribution in [0.25, 0.3) is 0 Å². The van der Waals surface area contributed by atoms with Crippen molar-refractivity contribution in [2.24, 2.45) is 0 Å². The molecule has 52 heavy (non-hydrogen) atoms. The van der Waals surface area contributed by atoms with E-state index in [1.165, 1.54) is 0 Å². The lowest BCUT2D eigenvalue weighted by Gasteiger charge is -2.35. The Balaban J connectivity index is 2.58. The van der Waals surface area contributed by atoms with Gasteiger partial charge in [-0.15, -0.1) is 0 Å². The van der Waals surface area contributed by atoms with Crippen LogP contribution in [-0.4, -0.2) is 215 Å². The second-order valence-electron chi connectivity index (χ2n) is 11.0. The minimum Gasteiger partial charge on any atom is -0.460 e. The molecular weight excluding hydrogens is 688 g/mol. The highest BCUT2D eigenvalue weighted by molar-refractivity contribution is 5.81. The fourth-order valence-electron chi connectivity index (χ4n) is 4.71. The maximum absolute atomic E-state index is 10.9. The number of carbonyl (C=O) groups excluding carboxylic acids is 1. The molecule has 0 bridgehead atoms. The van der Waals surface area contributed by atoms with Gasteiger partial charge >= 0.3 is 5.97 Å². The SMILES string of the molecule is C=CC(=O)OCCOCCOCCOCCOCCOCCN1C(COCCOC)=C(COCCOC)N(CCOCCOC)C1COCCOC. The molecule has 0 N–H and O–H groups in total. The van der Waals surface area contributed by atoms with Crippen LogP contribution in [-0.2, 0) is 71.1 Å². The molecule has 0 saturated carbocycles. The third kappa shape index (κ3) is 24.4. The maximum atomic E-state index is 10.9. The van der Waals surface area contributed by atoms with E-state index >= 15 is 0 Å². The van der Waals surface area contributed by atoms with Gasteiger partial charge < -0.3 is 76.1 Å². The minimum absolute atomic E-state index is 0.132. The number of hydrogen-bond acceptors (Lipinski definition) is 17. The van der Waals surface area contributed by atoms with Gasteiger partial charge in [-0.3, -0.25) is 0 Å². The summed E-state index contributed by atoms with van der Waals surface area (Å²) < 4.78 is 77.6. The molecule has 17 nitrogen and oxygen atoms in total. The highest BCUT2D eigenvalue weighted by Crippen LogP contribution is 2.30. The number of hydrogen-bond donors (Lipinski definition) is 0. The molecule has 0 saturated heterocycles. The summed E-state index contributed by atoms with van der Waals surface area (Å²) in [4.78, 5) is 15.5. The first kappa shape index (κ1) is 48.0. The van der Waals surface area contributed by atoms with Gasteiger partial charge in [0.15, 0.2) is 0 Å². The highest BCUT2D eigenvalue weighted by Gasteiger charge is 2.38. The summed E-state index contributed by atoms with van der Waals surface area (Å²) in [6.45, 7) is 14.6. The van der Waals surface area contributed by atoms with Crippen LogP contribution < -0.4 is 0 Å². The van der Waals surface area contributed by atoms with Gasteiger partial charge in [-0.1, -0.05) is 6.58 Å². The van der Waals surface area contributed by atoms with Gasteiger partial charge in [-0.25, -0.2) is 4.79 Å². The fourth-order valence-corrected chi connectivity index (χ4v) is 4.71. The highest BCUT2D eigenvalue weighted by atomic mass is 16.6. The predicted octanol–water partition coefficient (Wildman–Crippen LogP) is 0.606. The zero-order valence-electron chi connectivity index (χ0n) is 32.1. The summed E-state index contributed by atoms with van der Waals surface area (Å²) in [6.07, 6.45) is 0.983. The lowest BCUT2D eigenvalue weighted by molar-refractivity contribution is -0.139. The van der Waals surface area contributed by atoms with E-state index in [1.54, 1.807) is 28.4 Å². The smallest absolute Gasteiger partial charge is 0.330 e. The van der Waals surface area contributed by atoms with Crippen molar-refractivity contribution in [3.05, 3.63) is 24.0 Å². The number of nitrogens with zero attached hydrogens (tertiary/aromatic N) is 2. The third-order valence-corrected chi connectivity index (χ3v) is 7.30. The molecule has 1 atom stereocenters. The van der Waals surface area contributed by atoms with Gasteiger partial charge in [0.2, 0.25) is 0 Å². The zero-order valence-corrected chi connectivity index (χ0v) is 32.1. The molecule has 1 unspecified atom stereocenters. The van der Waals surface area contributed by atoms with Crippen molar-refractivity contribution >= 4 is 5.97 Å². The second-order valence-corrected chi connectivity index (χ2v) is 11.0. The van der Waals surface area contributed by atoms with E-state index in [-0.39, 0.29) is 12.8 Å². The Morgan fingerprint density at radius 2 is 0.808 bits per heavy atom. The van der Waals surface area contributed by atoms with Crippen molar-refractivity contribution < 1.29 is 71.1 Å². The molecule has 0 amide bonds. The number of carbonyl (C=O) groups is 1. The Kier molecular flexibility index (Phi) is 33.3. The second kappa shape index (κ2) is 36.0. The van der Waals surface area contributed by atoms with Crippen molar-refractivity contribution in [1.29, 1.82) is 0 Å². The Labute approximate surface area is 310 Å². The summed E-state index contributed by atoms with van der Waals surface area (Å²) in [6, 6.07) is 0. The maximum Gasteiger partial charge on any atom is 0.330 e. The Bertz CT molecular complexity index is 870. The van der Waals surface area contributed by atoms with E-state index in [9.17, 15) is 4.79 Å². The molecular formula is C35H66N2O15. The van der Waals surface area contributed by atoms with Crippen LogP contribution in [0.15, 0.2) is 24.0 Å². The summed E-state index contributed by atoms with van der Waals surface area (Å²) >= 11 is 0. The number of esters is 1. The molecule has 0 aliphatic carbocycles. The van der Waals surface area contributed by atoms with Gasteiger partial charge in [0.1, 0.15) is 12.8 Å². The Hall–Kier alpha value is -1.97. The van der Waals surface area contributed by atoms with Gasteiger partial charge in [-0.2, -0.15) is 0 Å². The molecule has 0 aromatic heterocycles. The number of rotatable bonds is 40. The molecule has 17 heteroatoms. The lowest BCUT2D eigenvalue weighted by Crippen LogP contribution is -2.47. The molecule has 0 aromatic carbocycles. The van der Waals surface area contributed by atoms with E-state index < -0.39 is 5.97 Å². The molecule has 1 heterocycles. The monoisotopic (exact) mass is 754 g/mol. The first-order valence-corrected chi connectivity index (χ1v) is 17.8. The van der Waals surface area contributed by atoms with Crippen LogP contribution in [0.5, 0.6) is 0 Å². The molecule has 306 valence electrons. The van der Waals surface area contributed by atoms with E-state index in [2.05, 4.69) is 16.4 Å². The standard InChI is InChI=1S/C35H66N2O15/c1-6-35(38)52-28-27-48-26-25-47-24-23-46-22-21-45-20-19-44-10-8-37-33(30-50-17-13-41-4)32(29-49-16-12-40-3)36(7-9-43-15-11-39-2)34(37)31-51-18-14-42-5/h6,34H,1,7-31H2,2-5H3. The van der Waals surface area contributed by atoms with Crippen LogP contribution in [0.3, 0.4) is 0 Å². The molecule has 0 spiro atoms. The average molecular weight is 755 g/mol. The summed E-state index contributed by atoms with van der Waals surface area (Å²) in [7, 11) is 6.62. The lowest BCUT2D eigenvalue weighted by atomic mass is 10.3. The van der Waals surface area contributed by atoms with Crippen molar-refractivity contribution in [1.82, 2.24) is 9.80 Å². The Morgan fingerprint density at radius 3 is 1.19 bits per heavy atom. The number of ether oxygens (including phenoxy) is 14. The van der Waals surface area contributed by atoms with Gasteiger partial charge in [0.25, 0.3) is 0 Å². The first-order valence-electron chi connectivity index (χ1n) is 17.8. The van der Waals surface area contributed by atoms with Crippen LogP contribution in [0, 0.1) is 0 Å². The van der Waals surface area contributed by atoms with E-state index in [0.717, 1.165) is 17.5 Å². The predicted molar refractivity (Wildman–Crippen MR) is 190 cm³/mol. The summed E-state index contributed by atoms with van der Waals surface area (Å²) in [5, 5.41) is 0. The topological polar surface area (TPSA) is 153 Å².